The molecule has 1 aromatic carbocycles. The fourth-order valence-electron chi connectivity index (χ4n) is 4.26. The Morgan fingerprint density at radius 1 is 1.03 bits per heavy atom. The molecule has 0 saturated heterocycles. The van der Waals surface area contributed by atoms with Crippen molar-refractivity contribution < 1.29 is 13.2 Å². The van der Waals surface area contributed by atoms with Gasteiger partial charge >= 0.3 is 0 Å². The number of benzene rings is 1. The summed E-state index contributed by atoms with van der Waals surface area (Å²) in [6, 6.07) is 10.5. The van der Waals surface area contributed by atoms with E-state index in [0.717, 1.165) is 18.4 Å². The first-order valence-corrected chi connectivity index (χ1v) is 13.9. The standard InChI is InChI=1S/C26H31ClN6O3S/c1-33(2)21-13-11-20(12-14-21)30-26-28-16-18(17-29-26)8-9-19-10-15-24(31-25(19)36-3)32-37(34,35)23-7-5-4-6-22(23)27/h4-10,15-17,20-21H,11-14H2,1-3H3,(H,31,32)(H,28,29,30)/b9-8+/t20-,21-. The van der Waals surface area contributed by atoms with Crippen LogP contribution in [0, 0.1) is 0 Å². The number of hydrogen-bond acceptors (Lipinski definition) is 8. The van der Waals surface area contributed by atoms with E-state index in [2.05, 4.69) is 44.0 Å². The van der Waals surface area contributed by atoms with Crippen LogP contribution in [0.2, 0.25) is 5.02 Å². The van der Waals surface area contributed by atoms with E-state index in [9.17, 15) is 8.42 Å². The highest BCUT2D eigenvalue weighted by Crippen LogP contribution is 2.26. The zero-order valence-corrected chi connectivity index (χ0v) is 22.6. The Kier molecular flexibility index (Phi) is 8.63. The van der Waals surface area contributed by atoms with Crippen LogP contribution in [0.25, 0.3) is 12.2 Å². The van der Waals surface area contributed by atoms with Gasteiger partial charge in [0, 0.05) is 35.6 Å². The van der Waals surface area contributed by atoms with E-state index in [1.807, 2.05) is 12.2 Å². The van der Waals surface area contributed by atoms with Gasteiger partial charge in [0.2, 0.25) is 11.8 Å². The summed E-state index contributed by atoms with van der Waals surface area (Å²) in [6.07, 6.45) is 11.7. The predicted octanol–water partition coefficient (Wildman–Crippen LogP) is 4.79. The van der Waals surface area contributed by atoms with Gasteiger partial charge in [0.1, 0.15) is 10.7 Å². The molecule has 4 rings (SSSR count). The zero-order chi connectivity index (χ0) is 26.4. The maximum Gasteiger partial charge on any atom is 0.264 e. The average molecular weight is 543 g/mol. The van der Waals surface area contributed by atoms with E-state index in [4.69, 9.17) is 16.3 Å². The number of methoxy groups -OCH3 is 1. The molecule has 11 heteroatoms. The molecule has 2 N–H and O–H groups in total. The SMILES string of the molecule is COc1nc(NS(=O)(=O)c2ccccc2Cl)ccc1/C=C/c1cnc(N[C@H]2CC[C@H](N(C)C)CC2)nc1. The van der Waals surface area contributed by atoms with Crippen LogP contribution in [0.4, 0.5) is 11.8 Å². The number of rotatable bonds is 9. The first-order chi connectivity index (χ1) is 17.7. The molecule has 37 heavy (non-hydrogen) atoms. The molecule has 1 aliphatic carbocycles. The van der Waals surface area contributed by atoms with Gasteiger partial charge in [-0.15, -0.1) is 0 Å². The Morgan fingerprint density at radius 3 is 2.38 bits per heavy atom. The first kappa shape index (κ1) is 26.8. The summed E-state index contributed by atoms with van der Waals surface area (Å²) in [6.45, 7) is 0. The van der Waals surface area contributed by atoms with Crippen molar-refractivity contribution in [3.8, 4) is 5.88 Å². The number of halogens is 1. The van der Waals surface area contributed by atoms with Crippen LogP contribution >= 0.6 is 11.6 Å². The second kappa shape index (κ2) is 11.9. The van der Waals surface area contributed by atoms with Crippen molar-refractivity contribution in [1.29, 1.82) is 0 Å². The molecular formula is C26H31ClN6O3S. The highest BCUT2D eigenvalue weighted by molar-refractivity contribution is 7.92. The van der Waals surface area contributed by atoms with E-state index in [1.54, 1.807) is 36.7 Å². The fraction of sp³-hybridized carbons (Fsp3) is 0.346. The van der Waals surface area contributed by atoms with Crippen LogP contribution in [0.5, 0.6) is 5.88 Å². The number of aromatic nitrogens is 3. The number of ether oxygens (including phenoxy) is 1. The van der Waals surface area contributed by atoms with Gasteiger partial charge in [-0.1, -0.05) is 29.8 Å². The zero-order valence-electron chi connectivity index (χ0n) is 21.1. The molecule has 2 aromatic heterocycles. The summed E-state index contributed by atoms with van der Waals surface area (Å²) in [5, 5.41) is 3.57. The Bertz CT molecular complexity index is 1340. The molecule has 0 bridgehead atoms. The average Bonchev–Trinajstić information content (AvgIpc) is 2.89. The molecule has 9 nitrogen and oxygen atoms in total. The number of nitrogens with zero attached hydrogens (tertiary/aromatic N) is 4. The van der Waals surface area contributed by atoms with Crippen molar-refractivity contribution in [1.82, 2.24) is 19.9 Å². The van der Waals surface area contributed by atoms with Crippen molar-refractivity contribution in [2.45, 2.75) is 42.7 Å². The largest absolute Gasteiger partial charge is 0.481 e. The molecule has 0 radical (unpaired) electrons. The highest BCUT2D eigenvalue weighted by Gasteiger charge is 2.23. The van der Waals surface area contributed by atoms with Crippen LogP contribution in [-0.2, 0) is 10.0 Å². The van der Waals surface area contributed by atoms with Crippen LogP contribution in [-0.4, -0.2) is 61.6 Å². The fourth-order valence-corrected chi connectivity index (χ4v) is 5.78. The summed E-state index contributed by atoms with van der Waals surface area (Å²) in [4.78, 5) is 15.5. The molecular weight excluding hydrogens is 512 g/mol. The van der Waals surface area contributed by atoms with Crippen LogP contribution in [0.3, 0.4) is 0 Å². The molecule has 0 amide bonds. The van der Waals surface area contributed by atoms with Gasteiger partial charge in [-0.3, -0.25) is 4.72 Å². The van der Waals surface area contributed by atoms with E-state index in [0.29, 0.717) is 23.6 Å². The normalized spacial score (nSPS) is 18.2. The molecule has 196 valence electrons. The Hall–Kier alpha value is -3.21. The summed E-state index contributed by atoms with van der Waals surface area (Å²) in [5.41, 5.74) is 1.48. The Balaban J connectivity index is 1.39. The first-order valence-electron chi connectivity index (χ1n) is 12.0. The molecule has 1 saturated carbocycles. The lowest BCUT2D eigenvalue weighted by atomic mass is 9.91. The predicted molar refractivity (Wildman–Crippen MR) is 147 cm³/mol. The van der Waals surface area contributed by atoms with Crippen LogP contribution in [0.15, 0.2) is 53.7 Å². The summed E-state index contributed by atoms with van der Waals surface area (Å²) < 4.78 is 33.2. The van der Waals surface area contributed by atoms with E-state index in [1.165, 1.54) is 32.1 Å². The van der Waals surface area contributed by atoms with E-state index >= 15 is 0 Å². The van der Waals surface area contributed by atoms with Gasteiger partial charge in [-0.25, -0.2) is 18.4 Å². The lowest BCUT2D eigenvalue weighted by Crippen LogP contribution is -2.36. The van der Waals surface area contributed by atoms with E-state index < -0.39 is 10.0 Å². The quantitative estimate of drug-likeness (QED) is 0.397. The van der Waals surface area contributed by atoms with Crippen LogP contribution in [0.1, 0.15) is 36.8 Å². The molecule has 1 fully saturated rings. The third-order valence-electron chi connectivity index (χ3n) is 6.34. The minimum Gasteiger partial charge on any atom is -0.481 e. The maximum absolute atomic E-state index is 12.7. The lowest BCUT2D eigenvalue weighted by molar-refractivity contribution is 0.221. The van der Waals surface area contributed by atoms with Gasteiger partial charge in [-0.2, -0.15) is 4.98 Å². The minimum atomic E-state index is -3.90. The Morgan fingerprint density at radius 2 is 1.73 bits per heavy atom. The van der Waals surface area contributed by atoms with Crippen molar-refractivity contribution in [2.75, 3.05) is 31.2 Å². The third kappa shape index (κ3) is 6.97. The topological polar surface area (TPSA) is 109 Å². The molecule has 0 aliphatic heterocycles. The highest BCUT2D eigenvalue weighted by atomic mass is 35.5. The molecule has 0 spiro atoms. The second-order valence-corrected chi connectivity index (χ2v) is 11.2. The summed E-state index contributed by atoms with van der Waals surface area (Å²) in [7, 11) is 1.85. The van der Waals surface area contributed by atoms with Crippen molar-refractivity contribution in [3.63, 3.8) is 0 Å². The van der Waals surface area contributed by atoms with Gasteiger partial charge < -0.3 is 15.0 Å². The minimum absolute atomic E-state index is 0.0272. The smallest absolute Gasteiger partial charge is 0.264 e. The Labute approximate surface area is 223 Å². The number of sulfonamides is 1. The van der Waals surface area contributed by atoms with Crippen molar-refractivity contribution >= 4 is 45.5 Å². The summed E-state index contributed by atoms with van der Waals surface area (Å²) >= 11 is 6.04. The molecule has 1 aliphatic rings. The van der Waals surface area contributed by atoms with Crippen LogP contribution < -0.4 is 14.8 Å². The number of nitrogens with one attached hydrogen (secondary N) is 2. The van der Waals surface area contributed by atoms with Gasteiger partial charge in [-0.05, 0) is 70.1 Å². The van der Waals surface area contributed by atoms with Crippen molar-refractivity contribution in [2.24, 2.45) is 0 Å². The molecule has 2 heterocycles. The van der Waals surface area contributed by atoms with E-state index in [-0.39, 0.29) is 21.6 Å². The second-order valence-electron chi connectivity index (χ2n) is 9.12. The molecule has 0 atom stereocenters. The van der Waals surface area contributed by atoms with Gasteiger partial charge in [0.25, 0.3) is 10.0 Å². The number of hydrogen-bond donors (Lipinski definition) is 2. The molecule has 3 aromatic rings. The van der Waals surface area contributed by atoms with Gasteiger partial charge in [0.05, 0.1) is 12.1 Å². The molecule has 0 unspecified atom stereocenters. The summed E-state index contributed by atoms with van der Waals surface area (Å²) in [5.74, 6) is 1.01. The van der Waals surface area contributed by atoms with Crippen molar-refractivity contribution in [3.05, 3.63) is 64.9 Å². The number of pyridine rings is 1. The van der Waals surface area contributed by atoms with Gasteiger partial charge in [0.15, 0.2) is 0 Å². The maximum atomic E-state index is 12.7. The third-order valence-corrected chi connectivity index (χ3v) is 8.19. The monoisotopic (exact) mass is 542 g/mol. The number of anilines is 2. The lowest BCUT2D eigenvalue weighted by Gasteiger charge is -2.32.